The molecule has 10 nitrogen and oxygen atoms in total. The lowest BCUT2D eigenvalue weighted by atomic mass is 10.0. The second-order valence-electron chi connectivity index (χ2n) is 6.94. The van der Waals surface area contributed by atoms with Crippen LogP contribution in [0.1, 0.15) is 46.0 Å². The molecule has 148 valence electrons. The molecule has 1 saturated heterocycles. The van der Waals surface area contributed by atoms with E-state index in [0.29, 0.717) is 6.42 Å². The number of carboxylic acid groups (broad SMARTS) is 1. The molecule has 0 aromatic heterocycles. The second-order valence-corrected chi connectivity index (χ2v) is 8.14. The van der Waals surface area contributed by atoms with E-state index in [1.165, 1.54) is 0 Å². The first-order valence-electron chi connectivity index (χ1n) is 8.52. The Morgan fingerprint density at radius 1 is 1.12 bits per heavy atom. The quantitative estimate of drug-likeness (QED) is 0.524. The topological polar surface area (TPSA) is 151 Å². The Balaban J connectivity index is 2.07. The van der Waals surface area contributed by atoms with Crippen molar-refractivity contribution >= 4 is 28.2 Å². The van der Waals surface area contributed by atoms with Crippen LogP contribution in [0.2, 0.25) is 0 Å². The maximum atomic E-state index is 12.5. The molecule has 0 bridgehead atoms. The van der Waals surface area contributed by atoms with Crippen LogP contribution in [0.5, 0.6) is 0 Å². The molecule has 2 rings (SSSR count). The lowest BCUT2D eigenvalue weighted by Crippen LogP contribution is -2.55. The Morgan fingerprint density at radius 3 is 2.23 bits per heavy atom. The number of carbonyl (C=O) groups is 3. The fourth-order valence-corrected chi connectivity index (χ4v) is 3.97. The first kappa shape index (κ1) is 20.6. The average molecular weight is 391 g/mol. The van der Waals surface area contributed by atoms with Crippen LogP contribution in [-0.4, -0.2) is 50.5 Å². The predicted molar refractivity (Wildman–Crippen MR) is 85.5 cm³/mol. The van der Waals surface area contributed by atoms with Crippen molar-refractivity contribution in [2.75, 3.05) is 0 Å². The molecule has 0 unspecified atom stereocenters. The van der Waals surface area contributed by atoms with E-state index in [4.69, 9.17) is 0 Å². The summed E-state index contributed by atoms with van der Waals surface area (Å²) < 4.78 is 31.2. The van der Waals surface area contributed by atoms with Gasteiger partial charge >= 0.3 is 10.4 Å². The van der Waals surface area contributed by atoms with E-state index in [-0.39, 0.29) is 12.0 Å². The van der Waals surface area contributed by atoms with E-state index in [2.05, 4.69) is 19.0 Å². The van der Waals surface area contributed by atoms with Gasteiger partial charge in [-0.05, 0) is 25.2 Å². The van der Waals surface area contributed by atoms with E-state index in [1.807, 2.05) is 13.8 Å². The fraction of sp³-hybridized carbons (Fsp3) is 0.800. The minimum absolute atomic E-state index is 0.0384. The number of carboxylic acids is 1. The molecule has 1 saturated carbocycles. The number of carbonyl (C=O) groups excluding carboxylic acids is 3. The molecule has 2 N–H and O–H groups in total. The van der Waals surface area contributed by atoms with Gasteiger partial charge in [0.1, 0.15) is 6.04 Å². The molecule has 1 aliphatic carbocycles. The maximum Gasteiger partial charge on any atom is 0.401 e. The van der Waals surface area contributed by atoms with Crippen molar-refractivity contribution in [1.29, 1.82) is 0 Å². The molecular weight excluding hydrogens is 368 g/mol. The number of aliphatic carboxylic acids is 1. The monoisotopic (exact) mass is 391 g/mol. The normalized spacial score (nSPS) is 26.6. The summed E-state index contributed by atoms with van der Waals surface area (Å²) in [7, 11) is -4.61. The largest absolute Gasteiger partial charge is 0.547 e. The van der Waals surface area contributed by atoms with Crippen molar-refractivity contribution in [3.63, 3.8) is 0 Å². The lowest BCUT2D eigenvalue weighted by Gasteiger charge is -2.24. The number of rotatable bonds is 7. The van der Waals surface area contributed by atoms with Crippen molar-refractivity contribution in [3.05, 3.63) is 0 Å². The molecular formula is C15H23N2O8S-. The summed E-state index contributed by atoms with van der Waals surface area (Å²) in [6.07, 6.45) is 0.00378. The number of hydrogen-bond acceptors (Lipinski definition) is 8. The number of nitrogens with one attached hydrogen (secondary N) is 2. The molecule has 0 aromatic rings. The van der Waals surface area contributed by atoms with E-state index >= 15 is 0 Å². The summed E-state index contributed by atoms with van der Waals surface area (Å²) in [5.41, 5.74) is 0. The Morgan fingerprint density at radius 2 is 1.69 bits per heavy atom. The highest BCUT2D eigenvalue weighted by atomic mass is 32.3. The van der Waals surface area contributed by atoms with E-state index < -0.39 is 46.4 Å². The van der Waals surface area contributed by atoms with Crippen molar-refractivity contribution in [2.45, 2.75) is 70.2 Å². The SMILES string of the molecule is CC(C)C[C@H](NC(=O)[C@H]1OS(=O)(=O)O[C@@H]1C(=O)[O-])C(=O)NC1CCCC1. The third-order valence-electron chi connectivity index (χ3n) is 4.25. The van der Waals surface area contributed by atoms with Gasteiger partial charge in [0.2, 0.25) is 5.91 Å². The van der Waals surface area contributed by atoms with Gasteiger partial charge in [0, 0.05) is 6.04 Å². The Labute approximate surface area is 151 Å². The van der Waals surface area contributed by atoms with Crippen LogP contribution in [0.3, 0.4) is 0 Å². The summed E-state index contributed by atoms with van der Waals surface area (Å²) >= 11 is 0. The van der Waals surface area contributed by atoms with Gasteiger partial charge in [-0.1, -0.05) is 26.7 Å². The molecule has 2 fully saturated rings. The van der Waals surface area contributed by atoms with Gasteiger partial charge in [-0.3, -0.25) is 9.59 Å². The molecule has 26 heavy (non-hydrogen) atoms. The highest BCUT2D eigenvalue weighted by molar-refractivity contribution is 7.82. The second kappa shape index (κ2) is 8.31. The highest BCUT2D eigenvalue weighted by Gasteiger charge is 2.46. The van der Waals surface area contributed by atoms with Crippen molar-refractivity contribution < 1.29 is 36.3 Å². The molecule has 1 heterocycles. The van der Waals surface area contributed by atoms with Crippen LogP contribution in [0, 0.1) is 5.92 Å². The molecule has 3 atom stereocenters. The summed E-state index contributed by atoms with van der Waals surface area (Å²) in [6, 6.07) is -0.908. The van der Waals surface area contributed by atoms with Crippen LogP contribution in [0.4, 0.5) is 0 Å². The van der Waals surface area contributed by atoms with Gasteiger partial charge in [-0.2, -0.15) is 8.42 Å². The third-order valence-corrected chi connectivity index (χ3v) is 5.14. The minimum atomic E-state index is -4.61. The average Bonchev–Trinajstić information content (AvgIpc) is 3.13. The van der Waals surface area contributed by atoms with E-state index in [1.54, 1.807) is 0 Å². The summed E-state index contributed by atoms with van der Waals surface area (Å²) in [5, 5.41) is 16.2. The van der Waals surface area contributed by atoms with Gasteiger partial charge in [0.15, 0.2) is 12.2 Å². The van der Waals surface area contributed by atoms with Gasteiger partial charge in [0.05, 0.1) is 5.97 Å². The molecule has 2 amide bonds. The molecule has 11 heteroatoms. The summed E-state index contributed by atoms with van der Waals surface area (Å²) in [5.74, 6) is -3.31. The van der Waals surface area contributed by atoms with E-state index in [0.717, 1.165) is 25.7 Å². The van der Waals surface area contributed by atoms with E-state index in [9.17, 15) is 27.9 Å². The predicted octanol–water partition coefficient (Wildman–Crippen LogP) is -1.65. The summed E-state index contributed by atoms with van der Waals surface area (Å²) in [4.78, 5) is 35.8. The van der Waals surface area contributed by atoms with Crippen LogP contribution in [0.15, 0.2) is 0 Å². The van der Waals surface area contributed by atoms with Crippen LogP contribution in [-0.2, 0) is 33.1 Å². The smallest absolute Gasteiger partial charge is 0.401 e. The lowest BCUT2D eigenvalue weighted by molar-refractivity contribution is -0.314. The zero-order valence-corrected chi connectivity index (χ0v) is 15.4. The molecule has 0 spiro atoms. The van der Waals surface area contributed by atoms with Gasteiger partial charge < -0.3 is 20.5 Å². The zero-order valence-electron chi connectivity index (χ0n) is 14.6. The molecule has 0 radical (unpaired) electrons. The fourth-order valence-electron chi connectivity index (χ4n) is 3.05. The van der Waals surface area contributed by atoms with Gasteiger partial charge in [0.25, 0.3) is 5.91 Å². The Kier molecular flexibility index (Phi) is 6.58. The van der Waals surface area contributed by atoms with Crippen LogP contribution < -0.4 is 15.7 Å². The standard InChI is InChI=1S/C15H24N2O8S/c1-8(2)7-10(13(18)16-9-5-3-4-6-9)17-14(19)11-12(15(20)21)25-26(22,23)24-11/h8-12H,3-7H2,1-2H3,(H,16,18)(H,17,19)(H,20,21)/p-1/t10-,11-,12-/m0/s1. The number of hydrogen-bond donors (Lipinski definition) is 2. The van der Waals surface area contributed by atoms with Crippen molar-refractivity contribution in [3.8, 4) is 0 Å². The number of amides is 2. The Bertz CT molecular complexity index is 657. The first-order chi connectivity index (χ1) is 12.1. The summed E-state index contributed by atoms with van der Waals surface area (Å²) in [6.45, 7) is 3.71. The molecule has 2 aliphatic rings. The highest BCUT2D eigenvalue weighted by Crippen LogP contribution is 2.21. The van der Waals surface area contributed by atoms with Crippen molar-refractivity contribution in [1.82, 2.24) is 10.6 Å². The molecule has 0 aromatic carbocycles. The van der Waals surface area contributed by atoms with Crippen molar-refractivity contribution in [2.24, 2.45) is 5.92 Å². The van der Waals surface area contributed by atoms with Crippen LogP contribution >= 0.6 is 0 Å². The van der Waals surface area contributed by atoms with Crippen LogP contribution in [0.25, 0.3) is 0 Å². The van der Waals surface area contributed by atoms with Gasteiger partial charge in [-0.25, -0.2) is 8.37 Å². The first-order valence-corrected chi connectivity index (χ1v) is 9.85. The Hall–Kier alpha value is -1.72. The van der Waals surface area contributed by atoms with Gasteiger partial charge in [-0.15, -0.1) is 0 Å². The third kappa shape index (κ3) is 5.39. The minimum Gasteiger partial charge on any atom is -0.547 e. The molecule has 1 aliphatic heterocycles. The maximum absolute atomic E-state index is 12.5. The zero-order chi connectivity index (χ0) is 19.5.